The molecule has 112 valence electrons. The van der Waals surface area contributed by atoms with Crippen LogP contribution in [-0.2, 0) is 4.79 Å². The van der Waals surface area contributed by atoms with Gasteiger partial charge in [0, 0.05) is 4.47 Å². The van der Waals surface area contributed by atoms with E-state index in [1.165, 1.54) is 11.3 Å². The summed E-state index contributed by atoms with van der Waals surface area (Å²) in [6.07, 6.45) is 0. The Labute approximate surface area is 140 Å². The lowest BCUT2D eigenvalue weighted by molar-refractivity contribution is -0.118. The molecule has 0 aliphatic heterocycles. The fourth-order valence-corrected chi connectivity index (χ4v) is 3.36. The van der Waals surface area contributed by atoms with Gasteiger partial charge in [0.15, 0.2) is 11.7 Å². The quantitative estimate of drug-likeness (QED) is 0.734. The molecule has 0 aliphatic rings. The van der Waals surface area contributed by atoms with E-state index in [-0.39, 0.29) is 12.5 Å². The molecule has 0 fully saturated rings. The van der Waals surface area contributed by atoms with Crippen molar-refractivity contribution in [2.75, 3.05) is 11.9 Å². The van der Waals surface area contributed by atoms with E-state index < -0.39 is 0 Å². The van der Waals surface area contributed by atoms with Crippen LogP contribution in [0.3, 0.4) is 0 Å². The van der Waals surface area contributed by atoms with Gasteiger partial charge in [-0.2, -0.15) is 0 Å². The molecule has 1 amide bonds. The number of aryl methyl sites for hydroxylation is 1. The maximum atomic E-state index is 12.0. The molecule has 6 heteroatoms. The Balaban J connectivity index is 1.62. The van der Waals surface area contributed by atoms with E-state index in [4.69, 9.17) is 4.74 Å². The first kappa shape index (κ1) is 15.0. The molecule has 3 rings (SSSR count). The third kappa shape index (κ3) is 3.45. The third-order valence-electron chi connectivity index (χ3n) is 3.04. The first-order valence-corrected chi connectivity index (χ1v) is 8.27. The van der Waals surface area contributed by atoms with Crippen LogP contribution in [0.2, 0.25) is 0 Å². The number of hydrogen-bond acceptors (Lipinski definition) is 4. The highest BCUT2D eigenvalue weighted by atomic mass is 79.9. The number of para-hydroxylation sites is 1. The van der Waals surface area contributed by atoms with E-state index in [0.29, 0.717) is 10.9 Å². The number of hydrogen-bond donors (Lipinski definition) is 1. The number of fused-ring (bicyclic) bond motifs is 1. The number of ether oxygens (including phenoxy) is 1. The highest BCUT2D eigenvalue weighted by molar-refractivity contribution is 9.10. The number of nitrogens with zero attached hydrogens (tertiary/aromatic N) is 1. The van der Waals surface area contributed by atoms with Crippen molar-refractivity contribution in [1.29, 1.82) is 0 Å². The van der Waals surface area contributed by atoms with Crippen molar-refractivity contribution in [2.24, 2.45) is 0 Å². The Hall–Kier alpha value is -1.92. The number of carbonyl (C=O) groups excluding carboxylic acids is 1. The number of halogens is 1. The first-order valence-electron chi connectivity index (χ1n) is 6.66. The van der Waals surface area contributed by atoms with Crippen LogP contribution in [0.15, 0.2) is 46.9 Å². The van der Waals surface area contributed by atoms with Crippen molar-refractivity contribution >= 4 is 48.5 Å². The molecule has 0 aliphatic carbocycles. The van der Waals surface area contributed by atoms with E-state index in [1.807, 2.05) is 49.4 Å². The number of amides is 1. The van der Waals surface area contributed by atoms with Gasteiger partial charge >= 0.3 is 0 Å². The average molecular weight is 377 g/mol. The minimum absolute atomic E-state index is 0.0433. The van der Waals surface area contributed by atoms with Crippen LogP contribution in [0, 0.1) is 6.92 Å². The normalized spacial score (nSPS) is 10.6. The molecular formula is C16H13BrN2O2S. The highest BCUT2D eigenvalue weighted by Crippen LogP contribution is 2.25. The SMILES string of the molecule is Cc1cc(Br)ccc1OCC(=O)Nc1nc2ccccc2s1. The average Bonchev–Trinajstić information content (AvgIpc) is 2.88. The lowest BCUT2D eigenvalue weighted by Gasteiger charge is -2.08. The van der Waals surface area contributed by atoms with Crippen LogP contribution >= 0.6 is 27.3 Å². The third-order valence-corrected chi connectivity index (χ3v) is 4.48. The largest absolute Gasteiger partial charge is 0.483 e. The fraction of sp³-hybridized carbons (Fsp3) is 0.125. The number of anilines is 1. The Morgan fingerprint density at radius 3 is 2.91 bits per heavy atom. The molecule has 1 heterocycles. The predicted molar refractivity (Wildman–Crippen MR) is 92.6 cm³/mol. The number of rotatable bonds is 4. The summed E-state index contributed by atoms with van der Waals surface area (Å²) in [5, 5.41) is 3.35. The molecule has 1 aromatic heterocycles. The zero-order valence-electron chi connectivity index (χ0n) is 11.8. The predicted octanol–water partition coefficient (Wildman–Crippen LogP) is 4.38. The highest BCUT2D eigenvalue weighted by Gasteiger charge is 2.09. The second kappa shape index (κ2) is 6.46. The molecule has 3 aromatic rings. The summed E-state index contributed by atoms with van der Waals surface area (Å²) in [4.78, 5) is 16.3. The maximum Gasteiger partial charge on any atom is 0.264 e. The Morgan fingerprint density at radius 2 is 2.14 bits per heavy atom. The summed E-state index contributed by atoms with van der Waals surface area (Å²) < 4.78 is 7.57. The molecular weight excluding hydrogens is 364 g/mol. The minimum atomic E-state index is -0.221. The van der Waals surface area contributed by atoms with Crippen molar-refractivity contribution in [2.45, 2.75) is 6.92 Å². The van der Waals surface area contributed by atoms with Gasteiger partial charge in [-0.15, -0.1) is 0 Å². The summed E-state index contributed by atoms with van der Waals surface area (Å²) in [5.41, 5.74) is 1.86. The number of nitrogens with one attached hydrogen (secondary N) is 1. The number of thiazole rings is 1. The zero-order chi connectivity index (χ0) is 15.5. The first-order chi connectivity index (χ1) is 10.6. The van der Waals surface area contributed by atoms with Crippen molar-refractivity contribution in [3.8, 4) is 5.75 Å². The van der Waals surface area contributed by atoms with E-state index in [0.717, 1.165) is 20.3 Å². The van der Waals surface area contributed by atoms with Crippen LogP contribution in [0.25, 0.3) is 10.2 Å². The van der Waals surface area contributed by atoms with E-state index in [1.54, 1.807) is 0 Å². The molecule has 0 bridgehead atoms. The van der Waals surface area contributed by atoms with Gasteiger partial charge < -0.3 is 4.74 Å². The fourth-order valence-electron chi connectivity index (χ4n) is 2.00. The molecule has 1 N–H and O–H groups in total. The van der Waals surface area contributed by atoms with Gasteiger partial charge in [-0.1, -0.05) is 39.4 Å². The molecule has 0 saturated heterocycles. The topological polar surface area (TPSA) is 51.2 Å². The van der Waals surface area contributed by atoms with Crippen molar-refractivity contribution in [3.05, 3.63) is 52.5 Å². The van der Waals surface area contributed by atoms with Crippen LogP contribution in [0.1, 0.15) is 5.56 Å². The summed E-state index contributed by atoms with van der Waals surface area (Å²) in [6.45, 7) is 1.89. The lowest BCUT2D eigenvalue weighted by atomic mass is 10.2. The molecule has 2 aromatic carbocycles. The molecule has 0 spiro atoms. The maximum absolute atomic E-state index is 12.0. The van der Waals surface area contributed by atoms with E-state index >= 15 is 0 Å². The van der Waals surface area contributed by atoms with Gasteiger partial charge in [-0.05, 0) is 42.8 Å². The van der Waals surface area contributed by atoms with Gasteiger partial charge in [0.2, 0.25) is 0 Å². The molecule has 0 radical (unpaired) electrons. The summed E-state index contributed by atoms with van der Waals surface area (Å²) in [5.74, 6) is 0.476. The van der Waals surface area contributed by atoms with Gasteiger partial charge in [0.25, 0.3) is 5.91 Å². The standard InChI is InChI=1S/C16H13BrN2O2S/c1-10-8-11(17)6-7-13(10)21-9-15(20)19-16-18-12-4-2-3-5-14(12)22-16/h2-8H,9H2,1H3,(H,18,19,20). The summed E-state index contributed by atoms with van der Waals surface area (Å²) >= 11 is 4.84. The van der Waals surface area contributed by atoms with Crippen molar-refractivity contribution < 1.29 is 9.53 Å². The molecule has 4 nitrogen and oxygen atoms in total. The Morgan fingerprint density at radius 1 is 1.32 bits per heavy atom. The number of carbonyl (C=O) groups is 1. The Bertz CT molecular complexity index is 799. The minimum Gasteiger partial charge on any atom is -0.483 e. The zero-order valence-corrected chi connectivity index (χ0v) is 14.2. The summed E-state index contributed by atoms with van der Waals surface area (Å²) in [7, 11) is 0. The number of benzene rings is 2. The second-order valence-corrected chi connectivity index (χ2v) is 6.68. The smallest absolute Gasteiger partial charge is 0.264 e. The van der Waals surface area contributed by atoms with Crippen molar-refractivity contribution in [1.82, 2.24) is 4.98 Å². The second-order valence-electron chi connectivity index (χ2n) is 4.73. The lowest BCUT2D eigenvalue weighted by Crippen LogP contribution is -2.20. The van der Waals surface area contributed by atoms with Crippen molar-refractivity contribution in [3.63, 3.8) is 0 Å². The van der Waals surface area contributed by atoms with Gasteiger partial charge in [-0.3, -0.25) is 10.1 Å². The molecule has 0 saturated carbocycles. The van der Waals surface area contributed by atoms with Gasteiger partial charge in [0.05, 0.1) is 10.2 Å². The van der Waals surface area contributed by atoms with Gasteiger partial charge in [-0.25, -0.2) is 4.98 Å². The Kier molecular flexibility index (Phi) is 4.40. The molecule has 0 unspecified atom stereocenters. The van der Waals surface area contributed by atoms with E-state index in [2.05, 4.69) is 26.2 Å². The van der Waals surface area contributed by atoms with Crippen LogP contribution in [0.5, 0.6) is 5.75 Å². The summed E-state index contributed by atoms with van der Waals surface area (Å²) in [6, 6.07) is 13.4. The molecule has 22 heavy (non-hydrogen) atoms. The number of aromatic nitrogens is 1. The molecule has 0 atom stereocenters. The van der Waals surface area contributed by atoms with E-state index in [9.17, 15) is 4.79 Å². The monoisotopic (exact) mass is 376 g/mol. The van der Waals surface area contributed by atoms with Crippen LogP contribution in [0.4, 0.5) is 5.13 Å². The van der Waals surface area contributed by atoms with Crippen LogP contribution < -0.4 is 10.1 Å². The van der Waals surface area contributed by atoms with Crippen LogP contribution in [-0.4, -0.2) is 17.5 Å². The van der Waals surface area contributed by atoms with Gasteiger partial charge in [0.1, 0.15) is 5.75 Å².